The van der Waals surface area contributed by atoms with E-state index in [1.54, 1.807) is 31.2 Å². The molecule has 4 rings (SSSR count). The van der Waals surface area contributed by atoms with Gasteiger partial charge >= 0.3 is 12.1 Å². The number of carboxylic acids is 1. The number of nitrogens with zero attached hydrogens (tertiary/aromatic N) is 1. The lowest BCUT2D eigenvalue weighted by Gasteiger charge is -2.14. The zero-order chi connectivity index (χ0) is 24.1. The lowest BCUT2D eigenvalue weighted by molar-refractivity contribution is -0.152. The molecule has 2 aromatic carbocycles. The van der Waals surface area contributed by atoms with Gasteiger partial charge in [-0.05, 0) is 35.5 Å². The number of rotatable bonds is 10. The van der Waals surface area contributed by atoms with E-state index in [4.69, 9.17) is 14.0 Å². The maximum absolute atomic E-state index is 14.2. The summed E-state index contributed by atoms with van der Waals surface area (Å²) >= 11 is 0. The molecular formula is C25H25FN2O6. The Bertz CT molecular complexity index is 1130. The summed E-state index contributed by atoms with van der Waals surface area (Å²) in [6, 6.07) is 15.9. The molecule has 178 valence electrons. The number of benzene rings is 2. The number of amides is 1. The van der Waals surface area contributed by atoms with E-state index in [1.165, 1.54) is 0 Å². The second-order valence-electron chi connectivity index (χ2n) is 8.27. The Morgan fingerprint density at radius 3 is 2.53 bits per heavy atom. The van der Waals surface area contributed by atoms with Crippen LogP contribution in [0.15, 0.2) is 59.1 Å². The summed E-state index contributed by atoms with van der Waals surface area (Å²) in [5, 5.41) is 15.0. The van der Waals surface area contributed by atoms with Crippen molar-refractivity contribution in [2.75, 3.05) is 5.32 Å². The first-order valence-corrected chi connectivity index (χ1v) is 11.0. The molecule has 0 aliphatic heterocycles. The highest BCUT2D eigenvalue weighted by molar-refractivity contribution is 5.89. The minimum Gasteiger partial charge on any atom is -0.479 e. The molecule has 9 heteroatoms. The number of carbonyl (C=O) groups excluding carboxylic acids is 1. The monoisotopic (exact) mass is 468 g/mol. The molecule has 2 atom stereocenters. The predicted molar refractivity (Wildman–Crippen MR) is 120 cm³/mol. The van der Waals surface area contributed by atoms with Gasteiger partial charge in [-0.15, -0.1) is 0 Å². The van der Waals surface area contributed by atoms with Gasteiger partial charge in [-0.3, -0.25) is 5.32 Å². The van der Waals surface area contributed by atoms with Gasteiger partial charge in [-0.25, -0.2) is 9.59 Å². The van der Waals surface area contributed by atoms with Gasteiger partial charge in [0.2, 0.25) is 0 Å². The quantitative estimate of drug-likeness (QED) is 0.401. The van der Waals surface area contributed by atoms with Crippen molar-refractivity contribution in [1.29, 1.82) is 0 Å². The Balaban J connectivity index is 1.39. The normalized spacial score (nSPS) is 14.9. The second-order valence-corrected chi connectivity index (χ2v) is 8.27. The number of aromatic nitrogens is 1. The van der Waals surface area contributed by atoms with E-state index in [0.29, 0.717) is 17.9 Å². The maximum atomic E-state index is 14.2. The van der Waals surface area contributed by atoms with Crippen LogP contribution >= 0.6 is 0 Å². The van der Waals surface area contributed by atoms with Crippen molar-refractivity contribution in [1.82, 2.24) is 5.16 Å². The van der Waals surface area contributed by atoms with E-state index in [2.05, 4.69) is 10.5 Å². The average molecular weight is 468 g/mol. The second kappa shape index (κ2) is 10.5. The van der Waals surface area contributed by atoms with Crippen LogP contribution in [-0.4, -0.2) is 28.4 Å². The summed E-state index contributed by atoms with van der Waals surface area (Å²) in [7, 11) is 0. The van der Waals surface area contributed by atoms with E-state index >= 15 is 0 Å². The third-order valence-corrected chi connectivity index (χ3v) is 5.62. The zero-order valence-corrected chi connectivity index (χ0v) is 18.6. The first-order chi connectivity index (χ1) is 16.4. The number of aliphatic carboxylic acids is 1. The number of anilines is 1. The Hall–Kier alpha value is -3.72. The van der Waals surface area contributed by atoms with E-state index in [9.17, 15) is 19.1 Å². The zero-order valence-electron chi connectivity index (χ0n) is 18.6. The third kappa shape index (κ3) is 5.99. The molecule has 3 aromatic rings. The Morgan fingerprint density at radius 2 is 1.88 bits per heavy atom. The highest BCUT2D eigenvalue weighted by Crippen LogP contribution is 2.35. The smallest absolute Gasteiger partial charge is 0.412 e. The fourth-order valence-electron chi connectivity index (χ4n) is 3.51. The number of carbonyl (C=O) groups is 2. The summed E-state index contributed by atoms with van der Waals surface area (Å²) in [4.78, 5) is 23.7. The number of halogens is 1. The molecule has 2 N–H and O–H groups in total. The summed E-state index contributed by atoms with van der Waals surface area (Å²) in [5.41, 5.74) is 1.78. The Morgan fingerprint density at radius 1 is 1.18 bits per heavy atom. The van der Waals surface area contributed by atoms with Gasteiger partial charge in [0.15, 0.2) is 11.9 Å². The number of hydrogen-bond donors (Lipinski definition) is 2. The fourth-order valence-corrected chi connectivity index (χ4v) is 3.51. The largest absolute Gasteiger partial charge is 0.479 e. The fraction of sp³-hybridized carbons (Fsp3) is 0.320. The van der Waals surface area contributed by atoms with Gasteiger partial charge in [0, 0.05) is 5.56 Å². The standard InChI is InChI=1S/C25H25FN2O6/c1-15(18-5-3-2-4-6-18)33-25(31)27-21-22(34-28-23(21)26)19-11-9-17(10-12-19)14-32-20(24(29)30)13-16-7-8-16/h2-6,9-12,15-16,20H,7-8,13-14H2,1H3,(H,27,31)(H,29,30). The molecule has 1 aliphatic rings. The molecule has 34 heavy (non-hydrogen) atoms. The van der Waals surface area contributed by atoms with Crippen LogP contribution in [0.25, 0.3) is 11.3 Å². The third-order valence-electron chi connectivity index (χ3n) is 5.62. The topological polar surface area (TPSA) is 111 Å². The van der Waals surface area contributed by atoms with E-state index in [1.807, 2.05) is 30.3 Å². The van der Waals surface area contributed by atoms with Crippen molar-refractivity contribution >= 4 is 17.7 Å². The van der Waals surface area contributed by atoms with Crippen LogP contribution in [0.3, 0.4) is 0 Å². The molecule has 1 fully saturated rings. The molecular weight excluding hydrogens is 443 g/mol. The van der Waals surface area contributed by atoms with Crippen LogP contribution in [0.2, 0.25) is 0 Å². The molecule has 1 aliphatic carbocycles. The van der Waals surface area contributed by atoms with Gasteiger partial charge in [0.05, 0.1) is 6.61 Å². The summed E-state index contributed by atoms with van der Waals surface area (Å²) in [5.74, 6) is -1.48. The van der Waals surface area contributed by atoms with Crippen molar-refractivity contribution in [3.8, 4) is 11.3 Å². The van der Waals surface area contributed by atoms with Crippen molar-refractivity contribution in [3.05, 3.63) is 71.7 Å². The number of nitrogens with one attached hydrogen (secondary N) is 1. The molecule has 1 amide bonds. The SMILES string of the molecule is CC(OC(=O)Nc1c(F)noc1-c1ccc(COC(CC2CC2)C(=O)O)cc1)c1ccccc1. The van der Waals surface area contributed by atoms with E-state index in [-0.39, 0.29) is 18.1 Å². The number of ether oxygens (including phenoxy) is 2. The summed E-state index contributed by atoms with van der Waals surface area (Å²) < 4.78 is 30.2. The van der Waals surface area contributed by atoms with Crippen LogP contribution < -0.4 is 5.32 Å². The first-order valence-electron chi connectivity index (χ1n) is 11.0. The molecule has 2 unspecified atom stereocenters. The Labute approximate surface area is 195 Å². The molecule has 1 heterocycles. The molecule has 0 spiro atoms. The molecule has 0 saturated heterocycles. The van der Waals surface area contributed by atoms with Crippen molar-refractivity contribution < 1.29 is 33.1 Å². The Kier molecular flexibility index (Phi) is 7.22. The van der Waals surface area contributed by atoms with Crippen LogP contribution in [0.1, 0.15) is 43.4 Å². The van der Waals surface area contributed by atoms with E-state index < -0.39 is 30.2 Å². The average Bonchev–Trinajstić information content (AvgIpc) is 3.59. The summed E-state index contributed by atoms with van der Waals surface area (Å²) in [6.07, 6.45) is 0.380. The van der Waals surface area contributed by atoms with Crippen LogP contribution in [0, 0.1) is 11.9 Å². The first kappa shape index (κ1) is 23.4. The highest BCUT2D eigenvalue weighted by Gasteiger charge is 2.30. The molecule has 8 nitrogen and oxygen atoms in total. The number of carboxylic acid groups (broad SMARTS) is 1. The maximum Gasteiger partial charge on any atom is 0.412 e. The number of hydrogen-bond acceptors (Lipinski definition) is 6. The van der Waals surface area contributed by atoms with E-state index in [0.717, 1.165) is 24.0 Å². The van der Waals surface area contributed by atoms with Gasteiger partial charge in [0.25, 0.3) is 5.95 Å². The lowest BCUT2D eigenvalue weighted by atomic mass is 10.1. The molecule has 0 bridgehead atoms. The minimum atomic E-state index is -0.976. The highest BCUT2D eigenvalue weighted by atomic mass is 19.1. The molecule has 1 aromatic heterocycles. The van der Waals surface area contributed by atoms with Crippen molar-refractivity contribution in [3.63, 3.8) is 0 Å². The van der Waals surface area contributed by atoms with Crippen LogP contribution in [0.4, 0.5) is 14.9 Å². The van der Waals surface area contributed by atoms with Crippen molar-refractivity contribution in [2.45, 2.75) is 45.0 Å². The van der Waals surface area contributed by atoms with Crippen LogP contribution in [0.5, 0.6) is 0 Å². The lowest BCUT2D eigenvalue weighted by Crippen LogP contribution is -2.24. The minimum absolute atomic E-state index is 0.0337. The van der Waals surface area contributed by atoms with Gasteiger partial charge in [0.1, 0.15) is 11.8 Å². The molecule has 1 saturated carbocycles. The van der Waals surface area contributed by atoms with Gasteiger partial charge in [-0.2, -0.15) is 4.39 Å². The summed E-state index contributed by atoms with van der Waals surface area (Å²) in [6.45, 7) is 1.84. The van der Waals surface area contributed by atoms with Crippen LogP contribution in [-0.2, 0) is 20.9 Å². The van der Waals surface area contributed by atoms with Gasteiger partial charge < -0.3 is 19.1 Å². The van der Waals surface area contributed by atoms with Crippen molar-refractivity contribution in [2.24, 2.45) is 5.92 Å². The predicted octanol–water partition coefficient (Wildman–Crippen LogP) is 5.56. The molecule has 0 radical (unpaired) electrons. The van der Waals surface area contributed by atoms with Gasteiger partial charge in [-0.1, -0.05) is 67.4 Å².